The van der Waals surface area contributed by atoms with E-state index in [1.165, 1.54) is 12.1 Å². The summed E-state index contributed by atoms with van der Waals surface area (Å²) in [7, 11) is -3.64. The van der Waals surface area contributed by atoms with E-state index in [1.807, 2.05) is 0 Å². The number of aromatic nitrogens is 2. The molecule has 1 unspecified atom stereocenters. The number of rotatable bonds is 7. The SMILES string of the molecule is CC(Cn1ccnc1)NS(=O)(=O)c1ccc(CC(=O)O)s1. The van der Waals surface area contributed by atoms with Crippen molar-refractivity contribution >= 4 is 27.3 Å². The molecule has 114 valence electrons. The van der Waals surface area contributed by atoms with Gasteiger partial charge in [-0.2, -0.15) is 0 Å². The van der Waals surface area contributed by atoms with Crippen molar-refractivity contribution in [3.8, 4) is 0 Å². The Labute approximate surface area is 126 Å². The molecule has 0 aliphatic rings. The number of hydrogen-bond donors (Lipinski definition) is 2. The van der Waals surface area contributed by atoms with Gasteiger partial charge in [-0.05, 0) is 19.1 Å². The van der Waals surface area contributed by atoms with E-state index in [0.29, 0.717) is 11.4 Å². The lowest BCUT2D eigenvalue weighted by Crippen LogP contribution is -2.35. The third kappa shape index (κ3) is 4.38. The summed E-state index contributed by atoms with van der Waals surface area (Å²) in [5.74, 6) is -0.984. The molecule has 0 aromatic carbocycles. The van der Waals surface area contributed by atoms with Crippen molar-refractivity contribution in [2.45, 2.75) is 30.1 Å². The molecule has 21 heavy (non-hydrogen) atoms. The molecular weight excluding hydrogens is 314 g/mol. The van der Waals surface area contributed by atoms with Crippen LogP contribution in [0.2, 0.25) is 0 Å². The average Bonchev–Trinajstić information content (AvgIpc) is 2.98. The first-order valence-corrected chi connectivity index (χ1v) is 8.45. The highest BCUT2D eigenvalue weighted by Gasteiger charge is 2.20. The van der Waals surface area contributed by atoms with Gasteiger partial charge in [0.2, 0.25) is 10.0 Å². The summed E-state index contributed by atoms with van der Waals surface area (Å²) in [6, 6.07) is 2.64. The maximum Gasteiger partial charge on any atom is 0.308 e. The monoisotopic (exact) mass is 329 g/mol. The number of sulfonamides is 1. The molecule has 0 saturated heterocycles. The predicted octanol–water partition coefficient (Wildman–Crippen LogP) is 0.939. The van der Waals surface area contributed by atoms with Crippen LogP contribution in [0.25, 0.3) is 0 Å². The second kappa shape index (κ2) is 6.37. The van der Waals surface area contributed by atoms with E-state index in [1.54, 1.807) is 30.2 Å². The summed E-state index contributed by atoms with van der Waals surface area (Å²) in [5, 5.41) is 8.70. The average molecular weight is 329 g/mol. The standard InChI is InChI=1S/C12H15N3O4S2/c1-9(7-15-5-4-13-8-15)14-21(18,19)12-3-2-10(20-12)6-11(16)17/h2-5,8-9,14H,6-7H2,1H3,(H,16,17). The van der Waals surface area contributed by atoms with Crippen molar-refractivity contribution < 1.29 is 18.3 Å². The van der Waals surface area contributed by atoms with Crippen LogP contribution in [0.5, 0.6) is 0 Å². The lowest BCUT2D eigenvalue weighted by Gasteiger charge is -2.13. The van der Waals surface area contributed by atoms with E-state index in [-0.39, 0.29) is 16.7 Å². The Kier molecular flexibility index (Phi) is 4.76. The summed E-state index contributed by atoms with van der Waals surface area (Å²) in [4.78, 5) is 15.0. The molecule has 2 rings (SSSR count). The number of hydrogen-bond acceptors (Lipinski definition) is 5. The Morgan fingerprint density at radius 2 is 2.29 bits per heavy atom. The quantitative estimate of drug-likeness (QED) is 0.787. The minimum atomic E-state index is -3.64. The zero-order valence-electron chi connectivity index (χ0n) is 11.3. The van der Waals surface area contributed by atoms with Gasteiger partial charge in [0.25, 0.3) is 0 Å². The van der Waals surface area contributed by atoms with Crippen molar-refractivity contribution in [2.24, 2.45) is 0 Å². The number of nitrogens with one attached hydrogen (secondary N) is 1. The molecule has 7 nitrogen and oxygen atoms in total. The Morgan fingerprint density at radius 1 is 1.52 bits per heavy atom. The summed E-state index contributed by atoms with van der Waals surface area (Å²) >= 11 is 0.968. The molecule has 0 amide bonds. The molecular formula is C12H15N3O4S2. The van der Waals surface area contributed by atoms with Gasteiger partial charge in [-0.25, -0.2) is 18.1 Å². The van der Waals surface area contributed by atoms with Crippen LogP contribution in [-0.4, -0.2) is 35.1 Å². The molecule has 0 bridgehead atoms. The van der Waals surface area contributed by atoms with Gasteiger partial charge in [0, 0.05) is 29.9 Å². The zero-order valence-corrected chi connectivity index (χ0v) is 12.9. The number of carboxylic acids is 1. The van der Waals surface area contributed by atoms with Crippen LogP contribution in [0.3, 0.4) is 0 Å². The Bertz CT molecular complexity index is 707. The van der Waals surface area contributed by atoms with E-state index in [0.717, 1.165) is 11.3 Å². The topological polar surface area (TPSA) is 101 Å². The molecule has 0 fully saturated rings. The highest BCUT2D eigenvalue weighted by Crippen LogP contribution is 2.22. The van der Waals surface area contributed by atoms with Crippen LogP contribution in [-0.2, 0) is 27.8 Å². The summed E-state index contributed by atoms with van der Waals surface area (Å²) < 4.78 is 28.9. The lowest BCUT2D eigenvalue weighted by molar-refractivity contribution is -0.136. The lowest BCUT2D eigenvalue weighted by atomic mass is 10.3. The van der Waals surface area contributed by atoms with Crippen LogP contribution in [0.15, 0.2) is 35.1 Å². The molecule has 2 aromatic heterocycles. The van der Waals surface area contributed by atoms with Crippen molar-refractivity contribution in [2.75, 3.05) is 0 Å². The van der Waals surface area contributed by atoms with Crippen molar-refractivity contribution in [3.05, 3.63) is 35.7 Å². The van der Waals surface area contributed by atoms with Gasteiger partial charge in [-0.3, -0.25) is 4.79 Å². The molecule has 0 aliphatic heterocycles. The largest absolute Gasteiger partial charge is 0.481 e. The number of imidazole rings is 1. The molecule has 0 saturated carbocycles. The van der Waals surface area contributed by atoms with Crippen LogP contribution >= 0.6 is 11.3 Å². The minimum Gasteiger partial charge on any atom is -0.481 e. The number of aliphatic carboxylic acids is 1. The fourth-order valence-electron chi connectivity index (χ4n) is 1.82. The maximum atomic E-state index is 12.2. The first kappa shape index (κ1) is 15.7. The van der Waals surface area contributed by atoms with Crippen LogP contribution in [0, 0.1) is 0 Å². The molecule has 0 aliphatic carbocycles. The molecule has 2 heterocycles. The van der Waals surface area contributed by atoms with E-state index >= 15 is 0 Å². The molecule has 0 radical (unpaired) electrons. The Balaban J connectivity index is 2.03. The van der Waals surface area contributed by atoms with Crippen LogP contribution < -0.4 is 4.72 Å². The summed E-state index contributed by atoms with van der Waals surface area (Å²) in [6.45, 7) is 2.22. The predicted molar refractivity (Wildman–Crippen MR) is 77.7 cm³/mol. The van der Waals surface area contributed by atoms with E-state index in [4.69, 9.17) is 5.11 Å². The molecule has 1 atom stereocenters. The highest BCUT2D eigenvalue weighted by atomic mass is 32.2. The fourth-order valence-corrected chi connectivity index (χ4v) is 4.42. The van der Waals surface area contributed by atoms with Gasteiger partial charge < -0.3 is 9.67 Å². The van der Waals surface area contributed by atoms with Crippen LogP contribution in [0.4, 0.5) is 0 Å². The smallest absolute Gasteiger partial charge is 0.308 e. The second-order valence-electron chi connectivity index (χ2n) is 4.57. The number of carboxylic acid groups (broad SMARTS) is 1. The van der Waals surface area contributed by atoms with E-state index in [2.05, 4.69) is 9.71 Å². The number of nitrogens with zero attached hydrogens (tertiary/aromatic N) is 2. The van der Waals surface area contributed by atoms with Crippen LogP contribution in [0.1, 0.15) is 11.8 Å². The first-order valence-electron chi connectivity index (χ1n) is 6.15. The van der Waals surface area contributed by atoms with Gasteiger partial charge in [0.15, 0.2) is 0 Å². The minimum absolute atomic E-state index is 0.122. The van der Waals surface area contributed by atoms with Gasteiger partial charge in [-0.1, -0.05) is 0 Å². The Morgan fingerprint density at radius 3 is 2.90 bits per heavy atom. The molecule has 2 aromatic rings. The van der Waals surface area contributed by atoms with E-state index in [9.17, 15) is 13.2 Å². The van der Waals surface area contributed by atoms with Gasteiger partial charge >= 0.3 is 5.97 Å². The molecule has 2 N–H and O–H groups in total. The first-order chi connectivity index (χ1) is 9.87. The van der Waals surface area contributed by atoms with Crippen molar-refractivity contribution in [1.29, 1.82) is 0 Å². The Hall–Kier alpha value is -1.71. The highest BCUT2D eigenvalue weighted by molar-refractivity contribution is 7.91. The van der Waals surface area contributed by atoms with Gasteiger partial charge in [-0.15, -0.1) is 11.3 Å². The third-order valence-electron chi connectivity index (χ3n) is 2.63. The number of thiophene rings is 1. The molecule has 0 spiro atoms. The third-order valence-corrected chi connectivity index (χ3v) is 5.79. The van der Waals surface area contributed by atoms with E-state index < -0.39 is 16.0 Å². The van der Waals surface area contributed by atoms with Crippen molar-refractivity contribution in [3.63, 3.8) is 0 Å². The zero-order chi connectivity index (χ0) is 15.5. The van der Waals surface area contributed by atoms with Gasteiger partial charge in [0.1, 0.15) is 4.21 Å². The number of carbonyl (C=O) groups is 1. The fraction of sp³-hybridized carbons (Fsp3) is 0.333. The normalized spacial score (nSPS) is 13.2. The summed E-state index contributed by atoms with van der Waals surface area (Å²) in [6.07, 6.45) is 4.81. The second-order valence-corrected chi connectivity index (χ2v) is 7.68. The molecule has 9 heteroatoms. The summed E-state index contributed by atoms with van der Waals surface area (Å²) in [5.41, 5.74) is 0. The maximum absolute atomic E-state index is 12.2. The van der Waals surface area contributed by atoms with Gasteiger partial charge in [0.05, 0.1) is 12.7 Å². The van der Waals surface area contributed by atoms with Crippen molar-refractivity contribution in [1.82, 2.24) is 14.3 Å².